The Hall–Kier alpha value is -0.770. The van der Waals surface area contributed by atoms with Gasteiger partial charge in [-0.25, -0.2) is 0 Å². The second-order valence-electron chi connectivity index (χ2n) is 8.24. The SMILES string of the molecule is CCc1ccc2c(I)c(O[C@H]3CC[C@H](C(C)(C)C)CC3)ccc2c1. The van der Waals surface area contributed by atoms with Gasteiger partial charge in [-0.2, -0.15) is 0 Å². The van der Waals surface area contributed by atoms with Crippen LogP contribution in [0.2, 0.25) is 0 Å². The van der Waals surface area contributed by atoms with E-state index in [4.69, 9.17) is 4.74 Å². The molecular weight excluding hydrogens is 407 g/mol. The summed E-state index contributed by atoms with van der Waals surface area (Å²) in [6.45, 7) is 9.32. The number of rotatable bonds is 3. The van der Waals surface area contributed by atoms with Gasteiger partial charge in [-0.15, -0.1) is 0 Å². The largest absolute Gasteiger partial charge is 0.489 e. The van der Waals surface area contributed by atoms with E-state index in [9.17, 15) is 0 Å². The molecule has 0 heterocycles. The Morgan fingerprint density at radius 2 is 1.75 bits per heavy atom. The van der Waals surface area contributed by atoms with Crippen LogP contribution in [-0.4, -0.2) is 6.10 Å². The number of hydrogen-bond acceptors (Lipinski definition) is 1. The van der Waals surface area contributed by atoms with Crippen LogP contribution in [0.1, 0.15) is 58.9 Å². The van der Waals surface area contributed by atoms with Crippen molar-refractivity contribution in [2.24, 2.45) is 11.3 Å². The summed E-state index contributed by atoms with van der Waals surface area (Å²) in [7, 11) is 0. The van der Waals surface area contributed by atoms with Gasteiger partial charge in [0.25, 0.3) is 0 Å². The minimum atomic E-state index is 0.379. The van der Waals surface area contributed by atoms with Crippen molar-refractivity contribution < 1.29 is 4.74 Å². The van der Waals surface area contributed by atoms with E-state index < -0.39 is 0 Å². The van der Waals surface area contributed by atoms with Gasteiger partial charge in [0, 0.05) is 0 Å². The van der Waals surface area contributed by atoms with Crippen molar-refractivity contribution in [3.8, 4) is 5.75 Å². The summed E-state index contributed by atoms with van der Waals surface area (Å²) in [6, 6.07) is 11.2. The first kappa shape index (κ1) is 18.0. The number of benzene rings is 2. The lowest BCUT2D eigenvalue weighted by atomic mass is 9.72. The third-order valence-corrected chi connectivity index (χ3v) is 6.70. The van der Waals surface area contributed by atoms with Crippen LogP contribution in [0.15, 0.2) is 30.3 Å². The number of fused-ring (bicyclic) bond motifs is 1. The van der Waals surface area contributed by atoms with Crippen molar-refractivity contribution in [2.45, 2.75) is 65.9 Å². The summed E-state index contributed by atoms with van der Waals surface area (Å²) in [5, 5.41) is 2.64. The fraction of sp³-hybridized carbons (Fsp3) is 0.545. The quantitative estimate of drug-likeness (QED) is 0.471. The molecule has 2 aromatic carbocycles. The zero-order valence-electron chi connectivity index (χ0n) is 15.4. The molecule has 0 aromatic heterocycles. The maximum atomic E-state index is 6.40. The molecule has 1 aliphatic carbocycles. The molecule has 130 valence electrons. The molecule has 0 spiro atoms. The second-order valence-corrected chi connectivity index (χ2v) is 9.32. The molecule has 0 saturated heterocycles. The van der Waals surface area contributed by atoms with Crippen LogP contribution < -0.4 is 4.74 Å². The van der Waals surface area contributed by atoms with Gasteiger partial charge in [-0.3, -0.25) is 0 Å². The summed E-state index contributed by atoms with van der Waals surface area (Å²) < 4.78 is 7.66. The summed E-state index contributed by atoms with van der Waals surface area (Å²) in [5.74, 6) is 1.90. The average Bonchev–Trinajstić information content (AvgIpc) is 2.57. The van der Waals surface area contributed by atoms with Crippen LogP contribution in [0.5, 0.6) is 5.75 Å². The van der Waals surface area contributed by atoms with Crippen LogP contribution in [0, 0.1) is 14.9 Å². The molecule has 0 radical (unpaired) electrons. The van der Waals surface area contributed by atoms with Gasteiger partial charge in [0.2, 0.25) is 0 Å². The third kappa shape index (κ3) is 3.89. The third-order valence-electron chi connectivity index (χ3n) is 5.58. The normalized spacial score (nSPS) is 21.9. The summed E-state index contributed by atoms with van der Waals surface area (Å²) in [5.41, 5.74) is 1.83. The molecule has 0 atom stereocenters. The van der Waals surface area contributed by atoms with Crippen molar-refractivity contribution in [1.29, 1.82) is 0 Å². The van der Waals surface area contributed by atoms with E-state index in [2.05, 4.69) is 80.6 Å². The fourth-order valence-electron chi connectivity index (χ4n) is 3.86. The Labute approximate surface area is 160 Å². The van der Waals surface area contributed by atoms with Crippen molar-refractivity contribution >= 4 is 33.4 Å². The average molecular weight is 436 g/mol. The van der Waals surface area contributed by atoms with Gasteiger partial charge in [-0.05, 0) is 88.4 Å². The van der Waals surface area contributed by atoms with Gasteiger partial charge in [0.05, 0.1) is 9.67 Å². The number of aryl methyl sites for hydroxylation is 1. The number of ether oxygens (including phenoxy) is 1. The van der Waals surface area contributed by atoms with Crippen LogP contribution in [0.3, 0.4) is 0 Å². The molecule has 0 amide bonds. The predicted molar refractivity (Wildman–Crippen MR) is 112 cm³/mol. The second kappa shape index (κ2) is 7.23. The predicted octanol–water partition coefficient (Wildman–Crippen LogP) is 6.99. The van der Waals surface area contributed by atoms with Gasteiger partial charge >= 0.3 is 0 Å². The highest BCUT2D eigenvalue weighted by atomic mass is 127. The van der Waals surface area contributed by atoms with Crippen LogP contribution in [0.25, 0.3) is 10.8 Å². The standard InChI is InChI=1S/C22H29IO/c1-5-15-6-12-19-16(14-15)7-13-20(21(19)23)24-18-10-8-17(9-11-18)22(2,3)4/h6-7,12-14,17-18H,5,8-11H2,1-4H3/t17-,18-. The zero-order valence-corrected chi connectivity index (χ0v) is 17.5. The van der Waals surface area contributed by atoms with Gasteiger partial charge in [-0.1, -0.05) is 52.0 Å². The van der Waals surface area contributed by atoms with E-state index >= 15 is 0 Å². The summed E-state index contributed by atoms with van der Waals surface area (Å²) >= 11 is 2.45. The molecule has 3 rings (SSSR count). The fourth-order valence-corrected chi connectivity index (χ4v) is 4.66. The van der Waals surface area contributed by atoms with Crippen molar-refractivity contribution in [2.75, 3.05) is 0 Å². The highest BCUT2D eigenvalue weighted by Gasteiger charge is 2.30. The maximum absolute atomic E-state index is 6.40. The van der Waals surface area contributed by atoms with E-state index in [0.29, 0.717) is 11.5 Å². The topological polar surface area (TPSA) is 9.23 Å². The molecule has 1 fully saturated rings. The Balaban J connectivity index is 1.73. The Morgan fingerprint density at radius 1 is 1.04 bits per heavy atom. The molecule has 0 aliphatic heterocycles. The van der Waals surface area contributed by atoms with Crippen LogP contribution in [-0.2, 0) is 6.42 Å². The first-order valence-electron chi connectivity index (χ1n) is 9.26. The van der Waals surface area contributed by atoms with Crippen LogP contribution >= 0.6 is 22.6 Å². The lowest BCUT2D eigenvalue weighted by Gasteiger charge is -2.37. The Bertz CT molecular complexity index is 706. The molecular formula is C22H29IO. The van der Waals surface area contributed by atoms with E-state index in [1.807, 2.05) is 0 Å². The molecule has 2 aromatic rings. The highest BCUT2D eigenvalue weighted by Crippen LogP contribution is 2.39. The molecule has 2 heteroatoms. The minimum absolute atomic E-state index is 0.379. The van der Waals surface area contributed by atoms with Gasteiger partial charge in [0.1, 0.15) is 5.75 Å². The molecule has 1 nitrogen and oxygen atoms in total. The first-order valence-corrected chi connectivity index (χ1v) is 10.3. The van der Waals surface area contributed by atoms with Crippen molar-refractivity contribution in [3.63, 3.8) is 0 Å². The van der Waals surface area contributed by atoms with Gasteiger partial charge in [0.15, 0.2) is 0 Å². The lowest BCUT2D eigenvalue weighted by Crippen LogP contribution is -2.30. The van der Waals surface area contributed by atoms with Crippen molar-refractivity contribution in [1.82, 2.24) is 0 Å². The number of hydrogen-bond donors (Lipinski definition) is 0. The number of halogens is 1. The monoisotopic (exact) mass is 436 g/mol. The molecule has 0 unspecified atom stereocenters. The maximum Gasteiger partial charge on any atom is 0.133 e. The minimum Gasteiger partial charge on any atom is -0.489 e. The zero-order chi connectivity index (χ0) is 17.3. The Kier molecular flexibility index (Phi) is 5.43. The first-order chi connectivity index (χ1) is 11.4. The summed E-state index contributed by atoms with van der Waals surface area (Å²) in [6.07, 6.45) is 6.41. The molecule has 24 heavy (non-hydrogen) atoms. The van der Waals surface area contributed by atoms with E-state index in [-0.39, 0.29) is 0 Å². The molecule has 1 aliphatic rings. The van der Waals surface area contributed by atoms with Gasteiger partial charge < -0.3 is 4.74 Å². The van der Waals surface area contributed by atoms with Crippen LogP contribution in [0.4, 0.5) is 0 Å². The molecule has 0 bridgehead atoms. The molecule has 0 N–H and O–H groups in total. The van der Waals surface area contributed by atoms with E-state index in [1.165, 1.54) is 45.6 Å². The van der Waals surface area contributed by atoms with E-state index in [0.717, 1.165) is 18.1 Å². The smallest absolute Gasteiger partial charge is 0.133 e. The Morgan fingerprint density at radius 3 is 2.38 bits per heavy atom. The van der Waals surface area contributed by atoms with Crippen molar-refractivity contribution in [3.05, 3.63) is 39.5 Å². The molecule has 1 saturated carbocycles. The summed E-state index contributed by atoms with van der Waals surface area (Å²) in [4.78, 5) is 0. The van der Waals surface area contributed by atoms with E-state index in [1.54, 1.807) is 0 Å². The lowest BCUT2D eigenvalue weighted by molar-refractivity contribution is 0.0878. The highest BCUT2D eigenvalue weighted by molar-refractivity contribution is 14.1.